The van der Waals surface area contributed by atoms with E-state index in [1.165, 1.54) is 0 Å². The van der Waals surface area contributed by atoms with Crippen molar-refractivity contribution in [2.45, 2.75) is 45.1 Å². The van der Waals surface area contributed by atoms with Gasteiger partial charge in [-0.2, -0.15) is 0 Å². The first-order chi connectivity index (χ1) is 13.4. The van der Waals surface area contributed by atoms with Gasteiger partial charge in [-0.1, -0.05) is 30.3 Å². The van der Waals surface area contributed by atoms with E-state index in [2.05, 4.69) is 5.32 Å². The minimum atomic E-state index is -0.856. The Bertz CT molecular complexity index is 716. The van der Waals surface area contributed by atoms with Crippen molar-refractivity contribution >= 4 is 17.9 Å². The van der Waals surface area contributed by atoms with Crippen LogP contribution < -0.4 is 5.32 Å². The van der Waals surface area contributed by atoms with Gasteiger partial charge in [-0.15, -0.1) is 0 Å². The Kier molecular flexibility index (Phi) is 6.21. The zero-order valence-corrected chi connectivity index (χ0v) is 16.4. The number of urea groups is 1. The molecule has 2 aliphatic heterocycles. The summed E-state index contributed by atoms with van der Waals surface area (Å²) in [5.41, 5.74) is 0.309. The summed E-state index contributed by atoms with van der Waals surface area (Å²) in [7, 11) is 0. The molecular formula is C21H29N3O4. The number of nitrogens with zero attached hydrogens (tertiary/aromatic N) is 2. The van der Waals surface area contributed by atoms with Gasteiger partial charge in [-0.25, -0.2) is 4.79 Å². The van der Waals surface area contributed by atoms with Crippen molar-refractivity contribution < 1.29 is 19.5 Å². The van der Waals surface area contributed by atoms with E-state index in [0.29, 0.717) is 32.5 Å². The molecule has 0 aliphatic carbocycles. The number of aryl methyl sites for hydroxylation is 1. The fraction of sp³-hybridized carbons (Fsp3) is 0.571. The molecule has 2 saturated heterocycles. The normalized spacial score (nSPS) is 22.9. The van der Waals surface area contributed by atoms with Crippen LogP contribution in [-0.4, -0.2) is 65.0 Å². The second-order valence-electron chi connectivity index (χ2n) is 8.13. The van der Waals surface area contributed by atoms with Crippen LogP contribution in [0.4, 0.5) is 4.79 Å². The largest absolute Gasteiger partial charge is 0.481 e. The van der Waals surface area contributed by atoms with Gasteiger partial charge < -0.3 is 20.2 Å². The highest BCUT2D eigenvalue weighted by Crippen LogP contribution is 2.30. The summed E-state index contributed by atoms with van der Waals surface area (Å²) < 4.78 is 0. The van der Waals surface area contributed by atoms with E-state index < -0.39 is 11.4 Å². The lowest BCUT2D eigenvalue weighted by Gasteiger charge is -2.33. The maximum Gasteiger partial charge on any atom is 0.317 e. The number of carboxylic acids is 1. The second-order valence-corrected chi connectivity index (χ2v) is 8.13. The lowest BCUT2D eigenvalue weighted by Crippen LogP contribution is -2.50. The SMILES string of the molecule is CC1(C(=O)O)CCN(C(=O)NC2CCN(C(=O)CCc3ccccc3)CC2)C1. The number of piperidine rings is 1. The first-order valence-electron chi connectivity index (χ1n) is 9.98. The molecule has 2 fully saturated rings. The average molecular weight is 387 g/mol. The number of aliphatic carboxylic acids is 1. The molecule has 0 radical (unpaired) electrons. The molecule has 0 bridgehead atoms. The molecule has 2 heterocycles. The molecule has 1 aromatic rings. The Hall–Kier alpha value is -2.57. The number of amides is 3. The standard InChI is InChI=1S/C21H29N3O4/c1-21(19(26)27)11-14-24(15-21)20(28)22-17-9-12-23(13-10-17)18(25)8-7-16-5-3-2-4-6-16/h2-6,17H,7-15H2,1H3,(H,22,28)(H,26,27). The van der Waals surface area contributed by atoms with Crippen LogP contribution in [-0.2, 0) is 16.0 Å². The van der Waals surface area contributed by atoms with Crippen molar-refractivity contribution in [3.8, 4) is 0 Å². The van der Waals surface area contributed by atoms with Crippen LogP contribution in [0.5, 0.6) is 0 Å². The highest BCUT2D eigenvalue weighted by atomic mass is 16.4. The van der Waals surface area contributed by atoms with Crippen LogP contribution in [0.1, 0.15) is 38.2 Å². The van der Waals surface area contributed by atoms with Crippen LogP contribution in [0, 0.1) is 5.41 Å². The number of carbonyl (C=O) groups is 3. The summed E-state index contributed by atoms with van der Waals surface area (Å²) in [6.07, 6.45) is 3.18. The molecule has 1 atom stereocenters. The molecular weight excluding hydrogens is 358 g/mol. The van der Waals surface area contributed by atoms with E-state index in [4.69, 9.17) is 0 Å². The average Bonchev–Trinajstić information content (AvgIpc) is 3.11. The Morgan fingerprint density at radius 2 is 1.79 bits per heavy atom. The highest BCUT2D eigenvalue weighted by molar-refractivity contribution is 5.80. The van der Waals surface area contributed by atoms with E-state index in [1.54, 1.807) is 11.8 Å². The Morgan fingerprint density at radius 1 is 1.11 bits per heavy atom. The molecule has 152 valence electrons. The van der Waals surface area contributed by atoms with E-state index in [1.807, 2.05) is 35.2 Å². The number of nitrogens with one attached hydrogen (secondary N) is 1. The summed E-state index contributed by atoms with van der Waals surface area (Å²) in [6, 6.07) is 9.82. The third-order valence-electron chi connectivity index (χ3n) is 5.92. The van der Waals surface area contributed by atoms with E-state index >= 15 is 0 Å². The maximum absolute atomic E-state index is 12.4. The predicted molar refractivity (Wildman–Crippen MR) is 105 cm³/mol. The van der Waals surface area contributed by atoms with E-state index in [-0.39, 0.29) is 24.5 Å². The molecule has 0 spiro atoms. The van der Waals surface area contributed by atoms with Gasteiger partial charge in [-0.3, -0.25) is 9.59 Å². The quantitative estimate of drug-likeness (QED) is 0.810. The van der Waals surface area contributed by atoms with Gasteiger partial charge in [0, 0.05) is 38.6 Å². The first-order valence-corrected chi connectivity index (χ1v) is 9.98. The maximum atomic E-state index is 12.4. The molecule has 7 nitrogen and oxygen atoms in total. The molecule has 1 unspecified atom stereocenters. The van der Waals surface area contributed by atoms with Crippen LogP contribution in [0.25, 0.3) is 0 Å². The van der Waals surface area contributed by atoms with Gasteiger partial charge in [0.05, 0.1) is 5.41 Å². The molecule has 2 aliphatic rings. The number of hydrogen-bond donors (Lipinski definition) is 2. The molecule has 28 heavy (non-hydrogen) atoms. The second kappa shape index (κ2) is 8.63. The molecule has 0 aromatic heterocycles. The van der Waals surface area contributed by atoms with E-state index in [9.17, 15) is 19.5 Å². The van der Waals surface area contributed by atoms with Crippen molar-refractivity contribution in [3.05, 3.63) is 35.9 Å². The van der Waals surface area contributed by atoms with Gasteiger partial charge in [0.15, 0.2) is 0 Å². The lowest BCUT2D eigenvalue weighted by atomic mass is 9.90. The predicted octanol–water partition coefficient (Wildman–Crippen LogP) is 2.12. The Balaban J connectivity index is 1.40. The fourth-order valence-electron chi connectivity index (χ4n) is 3.90. The van der Waals surface area contributed by atoms with Crippen LogP contribution in [0.2, 0.25) is 0 Å². The van der Waals surface area contributed by atoms with Gasteiger partial charge in [-0.05, 0) is 38.2 Å². The number of benzene rings is 1. The van der Waals surface area contributed by atoms with Gasteiger partial charge in [0.2, 0.25) is 5.91 Å². The molecule has 0 saturated carbocycles. The van der Waals surface area contributed by atoms with Crippen molar-refractivity contribution in [3.63, 3.8) is 0 Å². The summed E-state index contributed by atoms with van der Waals surface area (Å²) >= 11 is 0. The number of rotatable bonds is 5. The van der Waals surface area contributed by atoms with Crippen molar-refractivity contribution in [1.82, 2.24) is 15.1 Å². The molecule has 3 rings (SSSR count). The third-order valence-corrected chi connectivity index (χ3v) is 5.92. The summed E-state index contributed by atoms with van der Waals surface area (Å²) in [6.45, 7) is 3.68. The Morgan fingerprint density at radius 3 is 2.39 bits per heavy atom. The number of carbonyl (C=O) groups excluding carboxylic acids is 2. The Labute approximate surface area is 165 Å². The van der Waals surface area contributed by atoms with Crippen molar-refractivity contribution in [1.29, 1.82) is 0 Å². The minimum Gasteiger partial charge on any atom is -0.481 e. The van der Waals surface area contributed by atoms with Crippen LogP contribution >= 0.6 is 0 Å². The van der Waals surface area contributed by atoms with Crippen molar-refractivity contribution in [2.75, 3.05) is 26.2 Å². The van der Waals surface area contributed by atoms with Gasteiger partial charge >= 0.3 is 12.0 Å². The fourth-order valence-corrected chi connectivity index (χ4v) is 3.90. The number of carboxylic acid groups (broad SMARTS) is 1. The highest BCUT2D eigenvalue weighted by Gasteiger charge is 2.42. The van der Waals surface area contributed by atoms with Gasteiger partial charge in [0.25, 0.3) is 0 Å². The smallest absolute Gasteiger partial charge is 0.317 e. The first kappa shape index (κ1) is 20.2. The van der Waals surface area contributed by atoms with Crippen LogP contribution in [0.15, 0.2) is 30.3 Å². The van der Waals surface area contributed by atoms with Crippen molar-refractivity contribution in [2.24, 2.45) is 5.41 Å². The number of hydrogen-bond acceptors (Lipinski definition) is 3. The topological polar surface area (TPSA) is 89.9 Å². The number of likely N-dealkylation sites (tertiary alicyclic amines) is 2. The zero-order chi connectivity index (χ0) is 20.1. The molecule has 2 N–H and O–H groups in total. The molecule has 3 amide bonds. The molecule has 7 heteroatoms. The monoisotopic (exact) mass is 387 g/mol. The lowest BCUT2D eigenvalue weighted by molar-refractivity contribution is -0.147. The van der Waals surface area contributed by atoms with E-state index in [0.717, 1.165) is 24.8 Å². The van der Waals surface area contributed by atoms with Gasteiger partial charge in [0.1, 0.15) is 0 Å². The summed E-state index contributed by atoms with van der Waals surface area (Å²) in [4.78, 5) is 39.7. The molecule has 1 aromatic carbocycles. The third kappa shape index (κ3) is 4.82. The summed E-state index contributed by atoms with van der Waals surface area (Å²) in [5, 5.41) is 12.3. The minimum absolute atomic E-state index is 0.0300. The van der Waals surface area contributed by atoms with Crippen LogP contribution in [0.3, 0.4) is 0 Å². The summed E-state index contributed by atoms with van der Waals surface area (Å²) in [5.74, 6) is -0.699. The zero-order valence-electron chi connectivity index (χ0n) is 16.4.